The van der Waals surface area contributed by atoms with Crippen LogP contribution in [0.3, 0.4) is 0 Å². The molecule has 0 saturated carbocycles. The SMILES string of the molecule is c1cc([C@H]2OCCC[C@@H]2NCc2ccc(N3CCOCC3)cc2)ccn1. The summed E-state index contributed by atoms with van der Waals surface area (Å²) in [6, 6.07) is 13.3. The van der Waals surface area contributed by atoms with E-state index in [1.165, 1.54) is 16.8 Å². The zero-order chi connectivity index (χ0) is 17.6. The van der Waals surface area contributed by atoms with Crippen molar-refractivity contribution in [2.45, 2.75) is 31.5 Å². The molecule has 0 amide bonds. The molecule has 0 unspecified atom stereocenters. The number of nitrogens with one attached hydrogen (secondary N) is 1. The highest BCUT2D eigenvalue weighted by Gasteiger charge is 2.26. The van der Waals surface area contributed by atoms with Gasteiger partial charge >= 0.3 is 0 Å². The Hall–Kier alpha value is -1.95. The third-order valence-electron chi connectivity index (χ3n) is 5.24. The third kappa shape index (κ3) is 4.23. The highest BCUT2D eigenvalue weighted by molar-refractivity contribution is 5.47. The zero-order valence-electron chi connectivity index (χ0n) is 15.1. The fourth-order valence-electron chi connectivity index (χ4n) is 3.77. The first kappa shape index (κ1) is 17.5. The lowest BCUT2D eigenvalue weighted by Crippen LogP contribution is -2.39. The Bertz CT molecular complexity index is 671. The van der Waals surface area contributed by atoms with Crippen molar-refractivity contribution in [2.24, 2.45) is 0 Å². The first-order valence-corrected chi connectivity index (χ1v) is 9.57. The molecule has 2 aliphatic rings. The molecule has 5 nitrogen and oxygen atoms in total. The van der Waals surface area contributed by atoms with Crippen LogP contribution in [-0.2, 0) is 16.0 Å². The second kappa shape index (κ2) is 8.62. The van der Waals surface area contributed by atoms with Crippen LogP contribution in [0.15, 0.2) is 48.8 Å². The van der Waals surface area contributed by atoms with E-state index < -0.39 is 0 Å². The molecule has 5 heteroatoms. The van der Waals surface area contributed by atoms with Gasteiger partial charge in [0.25, 0.3) is 0 Å². The number of morpholine rings is 1. The molecule has 2 atom stereocenters. The van der Waals surface area contributed by atoms with Crippen LogP contribution in [0.4, 0.5) is 5.69 Å². The molecule has 4 rings (SSSR count). The summed E-state index contributed by atoms with van der Waals surface area (Å²) in [5.74, 6) is 0. The highest BCUT2D eigenvalue weighted by atomic mass is 16.5. The van der Waals surface area contributed by atoms with Crippen molar-refractivity contribution in [1.82, 2.24) is 10.3 Å². The van der Waals surface area contributed by atoms with Crippen LogP contribution in [0, 0.1) is 0 Å². The molecule has 0 bridgehead atoms. The minimum atomic E-state index is 0.111. The predicted octanol–water partition coefficient (Wildman–Crippen LogP) is 2.93. The minimum absolute atomic E-state index is 0.111. The van der Waals surface area contributed by atoms with Gasteiger partial charge in [-0.15, -0.1) is 0 Å². The monoisotopic (exact) mass is 353 g/mol. The number of rotatable bonds is 5. The summed E-state index contributed by atoms with van der Waals surface area (Å²) in [5.41, 5.74) is 3.80. The topological polar surface area (TPSA) is 46.6 Å². The lowest BCUT2D eigenvalue weighted by molar-refractivity contribution is -0.0112. The summed E-state index contributed by atoms with van der Waals surface area (Å²) in [5, 5.41) is 3.71. The molecule has 2 aromatic rings. The molecule has 0 spiro atoms. The van der Waals surface area contributed by atoms with E-state index in [0.29, 0.717) is 6.04 Å². The third-order valence-corrected chi connectivity index (χ3v) is 5.24. The van der Waals surface area contributed by atoms with E-state index in [0.717, 1.165) is 52.3 Å². The number of hydrogen-bond acceptors (Lipinski definition) is 5. The van der Waals surface area contributed by atoms with Gasteiger partial charge in [0, 0.05) is 50.4 Å². The lowest BCUT2D eigenvalue weighted by atomic mass is 9.96. The summed E-state index contributed by atoms with van der Waals surface area (Å²) in [7, 11) is 0. The van der Waals surface area contributed by atoms with Crippen LogP contribution >= 0.6 is 0 Å². The Morgan fingerprint density at radius 3 is 2.54 bits per heavy atom. The predicted molar refractivity (Wildman–Crippen MR) is 102 cm³/mol. The summed E-state index contributed by atoms with van der Waals surface area (Å²) in [6.45, 7) is 5.29. The number of anilines is 1. The quantitative estimate of drug-likeness (QED) is 0.896. The fraction of sp³-hybridized carbons (Fsp3) is 0.476. The molecule has 138 valence electrons. The Balaban J connectivity index is 1.36. The lowest BCUT2D eigenvalue weighted by Gasteiger charge is -2.33. The summed E-state index contributed by atoms with van der Waals surface area (Å²) in [4.78, 5) is 6.50. The van der Waals surface area contributed by atoms with E-state index in [-0.39, 0.29) is 6.10 Å². The Morgan fingerprint density at radius 2 is 1.77 bits per heavy atom. The zero-order valence-corrected chi connectivity index (χ0v) is 15.1. The number of benzene rings is 1. The standard InChI is InChI=1S/C21H27N3O2/c1-2-20(21(26-13-1)18-7-9-22-10-8-18)23-16-17-3-5-19(6-4-17)24-11-14-25-15-12-24/h3-10,20-21,23H,1-2,11-16H2/t20-,21+/m0/s1. The molecule has 1 aromatic carbocycles. The van der Waals surface area contributed by atoms with E-state index in [1.54, 1.807) is 0 Å². The fourth-order valence-corrected chi connectivity index (χ4v) is 3.77. The van der Waals surface area contributed by atoms with Crippen LogP contribution in [0.2, 0.25) is 0 Å². The number of ether oxygens (including phenoxy) is 2. The Labute approximate surface area is 155 Å². The van der Waals surface area contributed by atoms with Crippen molar-refractivity contribution in [2.75, 3.05) is 37.8 Å². The average Bonchev–Trinajstić information content (AvgIpc) is 2.74. The van der Waals surface area contributed by atoms with Gasteiger partial charge in [-0.1, -0.05) is 12.1 Å². The second-order valence-electron chi connectivity index (χ2n) is 6.97. The van der Waals surface area contributed by atoms with Crippen molar-refractivity contribution >= 4 is 5.69 Å². The average molecular weight is 353 g/mol. The molecular formula is C21H27N3O2. The maximum atomic E-state index is 6.05. The van der Waals surface area contributed by atoms with E-state index in [2.05, 4.69) is 51.6 Å². The second-order valence-corrected chi connectivity index (χ2v) is 6.97. The Morgan fingerprint density at radius 1 is 1.00 bits per heavy atom. The van der Waals surface area contributed by atoms with Gasteiger partial charge in [0.1, 0.15) is 0 Å². The number of hydrogen-bond donors (Lipinski definition) is 1. The van der Waals surface area contributed by atoms with Crippen LogP contribution in [-0.4, -0.2) is 43.9 Å². The van der Waals surface area contributed by atoms with E-state index in [4.69, 9.17) is 9.47 Å². The van der Waals surface area contributed by atoms with Gasteiger partial charge in [-0.25, -0.2) is 0 Å². The summed E-state index contributed by atoms with van der Waals surface area (Å²) < 4.78 is 11.5. The normalized spacial score (nSPS) is 23.8. The Kier molecular flexibility index (Phi) is 5.79. The largest absolute Gasteiger partial charge is 0.378 e. The minimum Gasteiger partial charge on any atom is -0.378 e. The number of pyridine rings is 1. The maximum Gasteiger partial charge on any atom is 0.0978 e. The molecule has 2 aliphatic heterocycles. The molecule has 2 saturated heterocycles. The molecule has 2 fully saturated rings. The van der Waals surface area contributed by atoms with Gasteiger partial charge in [0.05, 0.1) is 19.3 Å². The molecule has 26 heavy (non-hydrogen) atoms. The number of nitrogens with zero attached hydrogens (tertiary/aromatic N) is 2. The molecular weight excluding hydrogens is 326 g/mol. The van der Waals surface area contributed by atoms with Gasteiger partial charge in [-0.2, -0.15) is 0 Å². The van der Waals surface area contributed by atoms with E-state index in [1.807, 2.05) is 12.4 Å². The molecule has 3 heterocycles. The molecule has 0 radical (unpaired) electrons. The molecule has 1 N–H and O–H groups in total. The first-order chi connectivity index (χ1) is 12.9. The van der Waals surface area contributed by atoms with Crippen LogP contribution in [0.25, 0.3) is 0 Å². The summed E-state index contributed by atoms with van der Waals surface area (Å²) in [6.07, 6.45) is 6.04. The van der Waals surface area contributed by atoms with Gasteiger partial charge in [-0.3, -0.25) is 4.98 Å². The van der Waals surface area contributed by atoms with Crippen molar-refractivity contribution in [3.05, 3.63) is 59.9 Å². The van der Waals surface area contributed by atoms with Crippen molar-refractivity contribution < 1.29 is 9.47 Å². The van der Waals surface area contributed by atoms with E-state index in [9.17, 15) is 0 Å². The van der Waals surface area contributed by atoms with Gasteiger partial charge in [0.2, 0.25) is 0 Å². The summed E-state index contributed by atoms with van der Waals surface area (Å²) >= 11 is 0. The van der Waals surface area contributed by atoms with Gasteiger partial charge in [-0.05, 0) is 48.2 Å². The smallest absolute Gasteiger partial charge is 0.0978 e. The van der Waals surface area contributed by atoms with Crippen molar-refractivity contribution in [1.29, 1.82) is 0 Å². The first-order valence-electron chi connectivity index (χ1n) is 9.57. The van der Waals surface area contributed by atoms with Gasteiger partial charge in [0.15, 0.2) is 0 Å². The molecule has 0 aliphatic carbocycles. The van der Waals surface area contributed by atoms with Crippen molar-refractivity contribution in [3.8, 4) is 0 Å². The van der Waals surface area contributed by atoms with Crippen molar-refractivity contribution in [3.63, 3.8) is 0 Å². The molecule has 1 aromatic heterocycles. The van der Waals surface area contributed by atoms with Crippen LogP contribution < -0.4 is 10.2 Å². The van der Waals surface area contributed by atoms with E-state index >= 15 is 0 Å². The van der Waals surface area contributed by atoms with Crippen LogP contribution in [0.1, 0.15) is 30.1 Å². The maximum absolute atomic E-state index is 6.05. The van der Waals surface area contributed by atoms with Crippen LogP contribution in [0.5, 0.6) is 0 Å². The number of aromatic nitrogens is 1. The highest BCUT2D eigenvalue weighted by Crippen LogP contribution is 2.28. The van der Waals surface area contributed by atoms with Gasteiger partial charge < -0.3 is 19.7 Å².